The van der Waals surface area contributed by atoms with Crippen LogP contribution in [-0.2, 0) is 9.53 Å². The van der Waals surface area contributed by atoms with Crippen LogP contribution in [0.1, 0.15) is 16.1 Å². The van der Waals surface area contributed by atoms with E-state index in [4.69, 9.17) is 14.4 Å². The van der Waals surface area contributed by atoms with Crippen molar-refractivity contribution < 1.29 is 24.0 Å². The minimum Gasteiger partial charge on any atom is -0.479 e. The molecule has 1 amide bonds. The van der Waals surface area contributed by atoms with E-state index in [1.54, 1.807) is 13.0 Å². The van der Waals surface area contributed by atoms with Crippen LogP contribution in [0.4, 0.5) is 0 Å². The first-order chi connectivity index (χ1) is 9.52. The number of hydrogen-bond donors (Lipinski definition) is 2. The number of aromatic nitrogens is 2. The van der Waals surface area contributed by atoms with Crippen LogP contribution < -0.4 is 5.32 Å². The van der Waals surface area contributed by atoms with Crippen LogP contribution >= 0.6 is 0 Å². The van der Waals surface area contributed by atoms with Crippen molar-refractivity contribution in [2.75, 3.05) is 13.7 Å². The Kier molecular flexibility index (Phi) is 3.94. The van der Waals surface area contributed by atoms with Crippen LogP contribution in [0.5, 0.6) is 0 Å². The number of nitrogens with zero attached hydrogens (tertiary/aromatic N) is 2. The van der Waals surface area contributed by atoms with Gasteiger partial charge in [-0.1, -0.05) is 5.16 Å². The fourth-order valence-corrected chi connectivity index (χ4v) is 1.63. The molecule has 20 heavy (non-hydrogen) atoms. The number of hydrogen-bond acceptors (Lipinski definition) is 6. The highest BCUT2D eigenvalue weighted by atomic mass is 16.5. The molecular formula is C12H13N3O5. The van der Waals surface area contributed by atoms with Crippen LogP contribution in [0, 0.1) is 6.92 Å². The maximum Gasteiger partial charge on any atom is 0.334 e. The number of pyridine rings is 1. The maximum atomic E-state index is 11.9. The second-order valence-electron chi connectivity index (χ2n) is 4.12. The second kappa shape index (κ2) is 5.66. The smallest absolute Gasteiger partial charge is 0.334 e. The summed E-state index contributed by atoms with van der Waals surface area (Å²) in [6.07, 6.45) is 0.248. The zero-order valence-electron chi connectivity index (χ0n) is 10.9. The van der Waals surface area contributed by atoms with Crippen LogP contribution in [0.2, 0.25) is 0 Å². The molecule has 1 unspecified atom stereocenters. The molecule has 8 heteroatoms. The Morgan fingerprint density at radius 2 is 2.30 bits per heavy atom. The summed E-state index contributed by atoms with van der Waals surface area (Å²) in [7, 11) is 1.26. The number of rotatable bonds is 5. The SMILES string of the molecule is COC(CNC(=O)c1cnc2onc(C)c2c1)C(=O)O. The van der Waals surface area contributed by atoms with Gasteiger partial charge < -0.3 is 19.7 Å². The van der Waals surface area contributed by atoms with Gasteiger partial charge in [0.15, 0.2) is 6.10 Å². The molecular weight excluding hydrogens is 266 g/mol. The monoisotopic (exact) mass is 279 g/mol. The molecule has 2 aromatic rings. The highest BCUT2D eigenvalue weighted by Gasteiger charge is 2.18. The van der Waals surface area contributed by atoms with E-state index in [2.05, 4.69) is 15.5 Å². The number of aryl methyl sites for hydroxylation is 1. The first-order valence-corrected chi connectivity index (χ1v) is 5.78. The zero-order valence-corrected chi connectivity index (χ0v) is 10.9. The van der Waals surface area contributed by atoms with Gasteiger partial charge in [0.1, 0.15) is 0 Å². The van der Waals surface area contributed by atoms with Crippen LogP contribution in [0.3, 0.4) is 0 Å². The van der Waals surface area contributed by atoms with Gasteiger partial charge in [0.2, 0.25) is 0 Å². The van der Waals surface area contributed by atoms with Crippen molar-refractivity contribution in [3.05, 3.63) is 23.5 Å². The van der Waals surface area contributed by atoms with Crippen molar-refractivity contribution in [3.8, 4) is 0 Å². The highest BCUT2D eigenvalue weighted by Crippen LogP contribution is 2.16. The molecule has 0 fully saturated rings. The van der Waals surface area contributed by atoms with Crippen LogP contribution in [0.15, 0.2) is 16.8 Å². The fraction of sp³-hybridized carbons (Fsp3) is 0.333. The Labute approximate surface area is 113 Å². The first kappa shape index (κ1) is 13.9. The van der Waals surface area contributed by atoms with Crippen molar-refractivity contribution in [1.29, 1.82) is 0 Å². The van der Waals surface area contributed by atoms with E-state index in [0.29, 0.717) is 22.4 Å². The number of carbonyl (C=O) groups is 2. The summed E-state index contributed by atoms with van der Waals surface area (Å²) in [6, 6.07) is 1.59. The molecule has 0 aliphatic heterocycles. The van der Waals surface area contributed by atoms with Crippen molar-refractivity contribution in [2.45, 2.75) is 13.0 Å². The quantitative estimate of drug-likeness (QED) is 0.812. The summed E-state index contributed by atoms with van der Waals surface area (Å²) in [6.45, 7) is 1.60. The van der Waals surface area contributed by atoms with Gasteiger partial charge in [-0.05, 0) is 13.0 Å². The van der Waals surface area contributed by atoms with Gasteiger partial charge in [0.05, 0.1) is 23.2 Å². The molecule has 0 spiro atoms. The van der Waals surface area contributed by atoms with Gasteiger partial charge in [0, 0.05) is 13.3 Å². The van der Waals surface area contributed by atoms with Crippen molar-refractivity contribution in [1.82, 2.24) is 15.5 Å². The van der Waals surface area contributed by atoms with Gasteiger partial charge in [-0.15, -0.1) is 0 Å². The van der Waals surface area contributed by atoms with E-state index in [0.717, 1.165) is 0 Å². The van der Waals surface area contributed by atoms with Crippen molar-refractivity contribution in [2.24, 2.45) is 0 Å². The maximum absolute atomic E-state index is 11.9. The number of ether oxygens (including phenoxy) is 1. The summed E-state index contributed by atoms with van der Waals surface area (Å²) in [5.41, 5.74) is 1.27. The largest absolute Gasteiger partial charge is 0.479 e. The lowest BCUT2D eigenvalue weighted by Gasteiger charge is -2.11. The zero-order chi connectivity index (χ0) is 14.7. The molecule has 2 heterocycles. The first-order valence-electron chi connectivity index (χ1n) is 5.78. The van der Waals surface area contributed by atoms with E-state index in [1.165, 1.54) is 13.3 Å². The molecule has 0 aromatic carbocycles. The summed E-state index contributed by atoms with van der Waals surface area (Å²) >= 11 is 0. The molecule has 0 aliphatic carbocycles. The molecule has 0 bridgehead atoms. The summed E-state index contributed by atoms with van der Waals surface area (Å²) < 4.78 is 9.66. The van der Waals surface area contributed by atoms with Gasteiger partial charge in [0.25, 0.3) is 11.6 Å². The summed E-state index contributed by atoms with van der Waals surface area (Å²) in [5, 5.41) is 15.6. The molecule has 2 aromatic heterocycles. The molecule has 0 saturated carbocycles. The number of fused-ring (bicyclic) bond motifs is 1. The predicted molar refractivity (Wildman–Crippen MR) is 67.3 cm³/mol. The van der Waals surface area contributed by atoms with Gasteiger partial charge in [-0.3, -0.25) is 4.79 Å². The Hall–Kier alpha value is -2.48. The minimum atomic E-state index is -1.14. The number of aliphatic carboxylic acids is 1. The third-order valence-corrected chi connectivity index (χ3v) is 2.78. The summed E-state index contributed by atoms with van der Waals surface area (Å²) in [5.74, 6) is -1.58. The minimum absolute atomic E-state index is 0.134. The van der Waals surface area contributed by atoms with Crippen molar-refractivity contribution in [3.63, 3.8) is 0 Å². The Morgan fingerprint density at radius 1 is 1.55 bits per heavy atom. The highest BCUT2D eigenvalue weighted by molar-refractivity contribution is 5.97. The third-order valence-electron chi connectivity index (χ3n) is 2.78. The number of carboxylic acid groups (broad SMARTS) is 1. The molecule has 0 saturated heterocycles. The number of carboxylic acids is 1. The van der Waals surface area contributed by atoms with Crippen LogP contribution in [0.25, 0.3) is 11.1 Å². The lowest BCUT2D eigenvalue weighted by molar-refractivity contribution is -0.148. The van der Waals surface area contributed by atoms with E-state index < -0.39 is 18.0 Å². The lowest BCUT2D eigenvalue weighted by Crippen LogP contribution is -2.37. The van der Waals surface area contributed by atoms with E-state index in [1.807, 2.05) is 0 Å². The number of carbonyl (C=O) groups excluding carboxylic acids is 1. The van der Waals surface area contributed by atoms with Crippen molar-refractivity contribution >= 4 is 23.0 Å². The normalized spacial score (nSPS) is 12.3. The van der Waals surface area contributed by atoms with Gasteiger partial charge >= 0.3 is 5.97 Å². The van der Waals surface area contributed by atoms with E-state index in [-0.39, 0.29) is 6.54 Å². The molecule has 8 nitrogen and oxygen atoms in total. The third kappa shape index (κ3) is 2.75. The van der Waals surface area contributed by atoms with Crippen LogP contribution in [-0.4, -0.2) is 46.9 Å². The molecule has 2 rings (SSSR count). The number of nitrogens with one attached hydrogen (secondary N) is 1. The fourth-order valence-electron chi connectivity index (χ4n) is 1.63. The van der Waals surface area contributed by atoms with Gasteiger partial charge in [-0.2, -0.15) is 0 Å². The predicted octanol–water partition coefficient (Wildman–Crippen LogP) is 0.361. The molecule has 2 N–H and O–H groups in total. The molecule has 0 aliphatic rings. The van der Waals surface area contributed by atoms with E-state index >= 15 is 0 Å². The second-order valence-corrected chi connectivity index (χ2v) is 4.12. The Bertz CT molecular complexity index is 652. The lowest BCUT2D eigenvalue weighted by atomic mass is 10.2. The number of methoxy groups -OCH3 is 1. The van der Waals surface area contributed by atoms with Gasteiger partial charge in [-0.25, -0.2) is 9.78 Å². The Morgan fingerprint density at radius 3 is 2.95 bits per heavy atom. The molecule has 0 radical (unpaired) electrons. The molecule has 1 atom stereocenters. The average molecular weight is 279 g/mol. The average Bonchev–Trinajstić information content (AvgIpc) is 2.80. The summed E-state index contributed by atoms with van der Waals surface area (Å²) in [4.78, 5) is 26.6. The topological polar surface area (TPSA) is 115 Å². The number of amides is 1. The molecule has 106 valence electrons. The standard InChI is InChI=1S/C12H13N3O5/c1-6-8-3-7(4-14-11(8)20-15-6)10(16)13-5-9(19-2)12(17)18/h3-4,9H,5H2,1-2H3,(H,13,16)(H,17,18). The van der Waals surface area contributed by atoms with E-state index in [9.17, 15) is 9.59 Å². The Balaban J connectivity index is 2.11.